The molecule has 0 fully saturated rings. The molecule has 0 spiro atoms. The molecule has 0 heterocycles. The van der Waals surface area contributed by atoms with Crippen molar-refractivity contribution in [3.05, 3.63) is 125 Å². The summed E-state index contributed by atoms with van der Waals surface area (Å²) in [5.41, 5.74) is 3.26. The van der Waals surface area contributed by atoms with E-state index in [4.69, 9.17) is 4.74 Å². The number of anilines is 1. The first-order valence-electron chi connectivity index (χ1n) is 12.5. The molecular weight excluding hydrogens is 496 g/mol. The van der Waals surface area contributed by atoms with Crippen LogP contribution in [0.5, 0.6) is 5.75 Å². The number of hydrogen-bond acceptors (Lipinski definition) is 4. The molecule has 0 unspecified atom stereocenters. The van der Waals surface area contributed by atoms with Crippen LogP contribution in [0.25, 0.3) is 0 Å². The second-order valence-corrected chi connectivity index (χ2v) is 11.2. The Kier molecular flexibility index (Phi) is 8.48. The van der Waals surface area contributed by atoms with Gasteiger partial charge >= 0.3 is 0 Å². The monoisotopic (exact) mass is 528 g/mol. The first-order valence-corrected chi connectivity index (χ1v) is 13.9. The minimum Gasteiger partial charge on any atom is -0.491 e. The molecule has 38 heavy (non-hydrogen) atoms. The van der Waals surface area contributed by atoms with E-state index in [9.17, 15) is 13.2 Å². The summed E-state index contributed by atoms with van der Waals surface area (Å²) >= 11 is 0. The van der Waals surface area contributed by atoms with Crippen LogP contribution < -0.4 is 14.4 Å². The second-order valence-electron chi connectivity index (χ2n) is 9.32. The smallest absolute Gasteiger partial charge is 0.264 e. The lowest BCUT2D eigenvalue weighted by atomic mass is 10.1. The maximum atomic E-state index is 13.9. The molecule has 0 aliphatic rings. The summed E-state index contributed by atoms with van der Waals surface area (Å²) in [4.78, 5) is 13.5. The maximum absolute atomic E-state index is 13.9. The van der Waals surface area contributed by atoms with E-state index in [-0.39, 0.29) is 29.0 Å². The van der Waals surface area contributed by atoms with Gasteiger partial charge in [-0.15, -0.1) is 0 Å². The number of aryl methyl sites for hydroxylation is 1. The molecule has 0 radical (unpaired) electrons. The van der Waals surface area contributed by atoms with Gasteiger partial charge in [-0.1, -0.05) is 72.3 Å². The van der Waals surface area contributed by atoms with Gasteiger partial charge in [0.05, 0.1) is 28.8 Å². The van der Waals surface area contributed by atoms with Gasteiger partial charge in [-0.3, -0.25) is 9.10 Å². The van der Waals surface area contributed by atoms with Gasteiger partial charge in [0.1, 0.15) is 5.75 Å². The molecule has 0 saturated carbocycles. The van der Waals surface area contributed by atoms with Crippen molar-refractivity contribution in [1.29, 1.82) is 0 Å². The number of amides is 1. The van der Waals surface area contributed by atoms with E-state index in [2.05, 4.69) is 5.32 Å². The van der Waals surface area contributed by atoms with E-state index in [1.807, 2.05) is 75.4 Å². The topological polar surface area (TPSA) is 75.7 Å². The van der Waals surface area contributed by atoms with Crippen molar-refractivity contribution in [3.8, 4) is 5.75 Å². The van der Waals surface area contributed by atoms with Crippen LogP contribution in [0.15, 0.2) is 108 Å². The number of ether oxygens (including phenoxy) is 1. The highest BCUT2D eigenvalue weighted by molar-refractivity contribution is 7.92. The van der Waals surface area contributed by atoms with Gasteiger partial charge in [-0.25, -0.2) is 8.42 Å². The van der Waals surface area contributed by atoms with Crippen molar-refractivity contribution in [2.75, 3.05) is 4.31 Å². The van der Waals surface area contributed by atoms with E-state index >= 15 is 0 Å². The third-order valence-corrected chi connectivity index (χ3v) is 7.72. The molecule has 0 saturated heterocycles. The zero-order valence-corrected chi connectivity index (χ0v) is 22.6. The number of sulfonamides is 1. The van der Waals surface area contributed by atoms with E-state index in [0.29, 0.717) is 12.2 Å². The second kappa shape index (κ2) is 12.0. The van der Waals surface area contributed by atoms with Crippen LogP contribution in [0.3, 0.4) is 0 Å². The lowest BCUT2D eigenvalue weighted by molar-refractivity contribution is 0.0951. The number of benzene rings is 4. The Balaban J connectivity index is 1.64. The van der Waals surface area contributed by atoms with Crippen LogP contribution in [-0.4, -0.2) is 20.4 Å². The Bertz CT molecular complexity index is 1470. The fourth-order valence-corrected chi connectivity index (χ4v) is 5.48. The fraction of sp³-hybridized carbons (Fsp3) is 0.194. The Morgan fingerprint density at radius 3 is 2.11 bits per heavy atom. The lowest BCUT2D eigenvalue weighted by Crippen LogP contribution is -2.33. The highest BCUT2D eigenvalue weighted by Gasteiger charge is 2.28. The van der Waals surface area contributed by atoms with Crippen LogP contribution in [0.2, 0.25) is 0 Å². The van der Waals surface area contributed by atoms with Crippen molar-refractivity contribution in [3.63, 3.8) is 0 Å². The van der Waals surface area contributed by atoms with Crippen LogP contribution in [0.1, 0.15) is 40.9 Å². The summed E-state index contributed by atoms with van der Waals surface area (Å²) in [6, 6.07) is 30.4. The van der Waals surface area contributed by atoms with Crippen molar-refractivity contribution in [2.45, 2.75) is 44.9 Å². The Morgan fingerprint density at radius 2 is 1.45 bits per heavy atom. The number of rotatable bonds is 10. The summed E-state index contributed by atoms with van der Waals surface area (Å²) in [6.45, 7) is 6.21. The molecule has 4 aromatic carbocycles. The molecule has 196 valence electrons. The normalized spacial score (nSPS) is 11.3. The highest BCUT2D eigenvalue weighted by atomic mass is 32.2. The molecule has 7 heteroatoms. The predicted octanol–water partition coefficient (Wildman–Crippen LogP) is 6.11. The third kappa shape index (κ3) is 6.61. The molecular formula is C31H32N2O4S. The van der Waals surface area contributed by atoms with E-state index in [1.54, 1.807) is 48.5 Å². The molecule has 0 bridgehead atoms. The summed E-state index contributed by atoms with van der Waals surface area (Å²) < 4.78 is 34.8. The SMILES string of the molecule is Cc1ccc(S(=O)(=O)N(Cc2ccccc2)c2ccccc2C(=O)NCc2ccc(OC(C)C)cc2)cc1. The molecule has 4 aromatic rings. The molecule has 0 aromatic heterocycles. The zero-order valence-electron chi connectivity index (χ0n) is 21.8. The largest absolute Gasteiger partial charge is 0.491 e. The van der Waals surface area contributed by atoms with Crippen LogP contribution >= 0.6 is 0 Å². The van der Waals surface area contributed by atoms with Gasteiger partial charge < -0.3 is 10.1 Å². The van der Waals surface area contributed by atoms with Gasteiger partial charge in [0.15, 0.2) is 0 Å². The number of hydrogen-bond donors (Lipinski definition) is 1. The highest BCUT2D eigenvalue weighted by Crippen LogP contribution is 2.29. The molecule has 4 rings (SSSR count). The predicted molar refractivity (Wildman–Crippen MR) is 151 cm³/mol. The van der Waals surface area contributed by atoms with Gasteiger partial charge in [-0.2, -0.15) is 0 Å². The van der Waals surface area contributed by atoms with Gasteiger partial charge in [0.2, 0.25) is 0 Å². The average molecular weight is 529 g/mol. The molecule has 6 nitrogen and oxygen atoms in total. The molecule has 0 aliphatic heterocycles. The first-order chi connectivity index (χ1) is 18.2. The van der Waals surface area contributed by atoms with Crippen molar-refractivity contribution >= 4 is 21.6 Å². The third-order valence-electron chi connectivity index (χ3n) is 5.94. The Labute approximate surface area is 225 Å². The summed E-state index contributed by atoms with van der Waals surface area (Å²) in [6.07, 6.45) is 0.0760. The van der Waals surface area contributed by atoms with Crippen LogP contribution in [0.4, 0.5) is 5.69 Å². The number of para-hydroxylation sites is 1. The molecule has 0 atom stereocenters. The van der Waals surface area contributed by atoms with E-state index < -0.39 is 10.0 Å². The Hall–Kier alpha value is -4.10. The zero-order chi connectivity index (χ0) is 27.1. The maximum Gasteiger partial charge on any atom is 0.264 e. The summed E-state index contributed by atoms with van der Waals surface area (Å²) in [5.74, 6) is 0.401. The number of carbonyl (C=O) groups excluding carboxylic acids is 1. The molecule has 0 aliphatic carbocycles. The first kappa shape index (κ1) is 26.9. The van der Waals surface area contributed by atoms with Crippen LogP contribution in [-0.2, 0) is 23.1 Å². The Morgan fingerprint density at radius 1 is 0.816 bits per heavy atom. The number of nitrogens with one attached hydrogen (secondary N) is 1. The summed E-state index contributed by atoms with van der Waals surface area (Å²) in [7, 11) is -3.97. The van der Waals surface area contributed by atoms with Gasteiger partial charge in [0, 0.05) is 6.54 Å². The fourth-order valence-electron chi connectivity index (χ4n) is 4.01. The van der Waals surface area contributed by atoms with Crippen LogP contribution in [0, 0.1) is 6.92 Å². The van der Waals surface area contributed by atoms with E-state index in [1.165, 1.54) is 4.31 Å². The van der Waals surface area contributed by atoms with Crippen molar-refractivity contribution in [2.24, 2.45) is 0 Å². The van der Waals surface area contributed by atoms with Gasteiger partial charge in [-0.05, 0) is 68.3 Å². The standard InChI is InChI=1S/C31H32N2O4S/c1-23(2)37-27-17-15-25(16-18-27)21-32-31(34)29-11-7-8-12-30(29)33(22-26-9-5-4-6-10-26)38(35,36)28-19-13-24(3)14-20-28/h4-20,23H,21-22H2,1-3H3,(H,32,34). The quantitative estimate of drug-likeness (QED) is 0.270. The van der Waals surface area contributed by atoms with Gasteiger partial charge in [0.25, 0.3) is 15.9 Å². The number of nitrogens with zero attached hydrogens (tertiary/aromatic N) is 1. The number of carbonyl (C=O) groups is 1. The average Bonchev–Trinajstić information content (AvgIpc) is 2.91. The minimum atomic E-state index is -3.97. The van der Waals surface area contributed by atoms with E-state index in [0.717, 1.165) is 22.4 Å². The summed E-state index contributed by atoms with van der Waals surface area (Å²) in [5, 5.41) is 2.93. The lowest BCUT2D eigenvalue weighted by Gasteiger charge is -2.26. The minimum absolute atomic E-state index is 0.0760. The van der Waals surface area contributed by atoms with Crippen molar-refractivity contribution in [1.82, 2.24) is 5.32 Å². The molecule has 1 N–H and O–H groups in total. The van der Waals surface area contributed by atoms with Crippen molar-refractivity contribution < 1.29 is 17.9 Å². The molecule has 1 amide bonds.